The highest BCUT2D eigenvalue weighted by molar-refractivity contribution is 6.13. The van der Waals surface area contributed by atoms with Crippen LogP contribution in [0.15, 0.2) is 132 Å². The number of methoxy groups -OCH3 is 1. The van der Waals surface area contributed by atoms with Crippen molar-refractivity contribution in [2.75, 3.05) is 13.7 Å². The topological polar surface area (TPSA) is 56.1 Å². The Morgan fingerprint density at radius 2 is 1.52 bits per heavy atom. The van der Waals surface area contributed by atoms with Gasteiger partial charge in [-0.1, -0.05) is 72.8 Å². The lowest BCUT2D eigenvalue weighted by molar-refractivity contribution is -0.122. The van der Waals surface area contributed by atoms with E-state index in [0.29, 0.717) is 13.0 Å². The number of hydrogen-bond donors (Lipinski definition) is 0. The molecule has 216 valence electrons. The van der Waals surface area contributed by atoms with Crippen molar-refractivity contribution in [1.82, 2.24) is 9.47 Å². The van der Waals surface area contributed by atoms with Crippen LogP contribution in [-0.2, 0) is 16.0 Å². The predicted octanol–water partition coefficient (Wildman–Crippen LogP) is 8.23. The Labute approximate surface area is 256 Å². The fourth-order valence-corrected chi connectivity index (χ4v) is 5.70. The highest BCUT2D eigenvalue weighted by Crippen LogP contribution is 2.33. The third-order valence-electron chi connectivity index (χ3n) is 8.01. The SMILES string of the molecule is COc1ccc(CCN2C(=O)/C(=C\c3ccc4c(c3)c3ccccc3n4-c3ccccc3)OC2=Nc2ccccc2C)cc1. The predicted molar refractivity (Wildman–Crippen MR) is 177 cm³/mol. The molecule has 0 N–H and O–H groups in total. The van der Waals surface area contributed by atoms with Gasteiger partial charge in [-0.15, -0.1) is 0 Å². The molecule has 0 saturated carbocycles. The summed E-state index contributed by atoms with van der Waals surface area (Å²) in [4.78, 5) is 20.2. The Bertz CT molecular complexity index is 2060. The van der Waals surface area contributed by atoms with Gasteiger partial charge in [-0.2, -0.15) is 4.99 Å². The standard InChI is InChI=1S/C38H31N3O3/c1-26-10-6-8-14-33(26)39-38-40(23-22-27-16-19-30(43-2)20-17-27)37(42)36(44-38)25-28-18-21-35-32(24-28)31-13-7-9-15-34(31)41(35)29-11-4-3-5-12-29/h3-21,24-25H,22-23H2,1-2H3/b36-25+,39-38?. The summed E-state index contributed by atoms with van der Waals surface area (Å²) >= 11 is 0. The van der Waals surface area contributed by atoms with Gasteiger partial charge in [-0.3, -0.25) is 9.69 Å². The van der Waals surface area contributed by atoms with Gasteiger partial charge >= 0.3 is 6.02 Å². The number of aliphatic imine (C=N–C) groups is 1. The van der Waals surface area contributed by atoms with E-state index in [-0.39, 0.29) is 17.7 Å². The molecule has 6 heteroatoms. The number of aryl methyl sites for hydroxylation is 1. The minimum absolute atomic E-state index is 0.211. The number of carbonyl (C=O) groups excluding carboxylic acids is 1. The number of benzene rings is 5. The molecule has 0 aliphatic carbocycles. The Hall–Kier alpha value is -5.62. The highest BCUT2D eigenvalue weighted by Gasteiger charge is 2.35. The van der Waals surface area contributed by atoms with E-state index in [1.54, 1.807) is 12.0 Å². The molecule has 1 aliphatic heterocycles. The molecule has 1 fully saturated rings. The van der Waals surface area contributed by atoms with Gasteiger partial charge in [0.15, 0.2) is 5.76 Å². The molecule has 1 aliphatic rings. The molecule has 1 aromatic heterocycles. The second-order valence-electron chi connectivity index (χ2n) is 10.8. The van der Waals surface area contributed by atoms with Crippen LogP contribution in [0.2, 0.25) is 0 Å². The number of fused-ring (bicyclic) bond motifs is 3. The van der Waals surface area contributed by atoms with E-state index in [1.807, 2.05) is 85.8 Å². The molecule has 6 nitrogen and oxygen atoms in total. The third kappa shape index (κ3) is 5.11. The van der Waals surface area contributed by atoms with Crippen LogP contribution in [-0.4, -0.2) is 35.1 Å². The Kier molecular flexibility index (Phi) is 7.16. The van der Waals surface area contributed by atoms with Crippen molar-refractivity contribution >= 4 is 45.5 Å². The summed E-state index contributed by atoms with van der Waals surface area (Å²) in [6, 6.07) is 41.0. The number of amides is 1. The van der Waals surface area contributed by atoms with Crippen LogP contribution in [0, 0.1) is 6.92 Å². The molecule has 2 heterocycles. The maximum Gasteiger partial charge on any atom is 0.305 e. The molecule has 0 spiro atoms. The zero-order chi connectivity index (χ0) is 30.0. The molecule has 7 rings (SSSR count). The molecule has 0 unspecified atom stereocenters. The summed E-state index contributed by atoms with van der Waals surface area (Å²) in [5.41, 5.74) is 7.06. The highest BCUT2D eigenvalue weighted by atomic mass is 16.5. The molecule has 6 aromatic rings. The number of carbonyl (C=O) groups is 1. The summed E-state index contributed by atoms with van der Waals surface area (Å²) in [5.74, 6) is 0.834. The summed E-state index contributed by atoms with van der Waals surface area (Å²) in [6.45, 7) is 2.42. The molecule has 1 saturated heterocycles. The normalized spacial score (nSPS) is 15.0. The molecular formula is C38H31N3O3. The van der Waals surface area contributed by atoms with Gasteiger partial charge in [0.1, 0.15) is 5.75 Å². The van der Waals surface area contributed by atoms with Crippen molar-refractivity contribution in [1.29, 1.82) is 0 Å². The van der Waals surface area contributed by atoms with Crippen molar-refractivity contribution in [3.8, 4) is 11.4 Å². The molecule has 5 aromatic carbocycles. The van der Waals surface area contributed by atoms with Crippen LogP contribution >= 0.6 is 0 Å². The van der Waals surface area contributed by atoms with E-state index < -0.39 is 0 Å². The third-order valence-corrected chi connectivity index (χ3v) is 8.01. The molecule has 0 radical (unpaired) electrons. The maximum absolute atomic E-state index is 13.8. The number of aromatic nitrogens is 1. The number of para-hydroxylation sites is 3. The van der Waals surface area contributed by atoms with Crippen molar-refractivity contribution in [2.45, 2.75) is 13.3 Å². The van der Waals surface area contributed by atoms with Gasteiger partial charge in [0.05, 0.1) is 23.8 Å². The average Bonchev–Trinajstić information content (AvgIpc) is 3.54. The Morgan fingerprint density at radius 1 is 0.795 bits per heavy atom. The molecule has 1 amide bonds. The minimum Gasteiger partial charge on any atom is -0.497 e. The first kappa shape index (κ1) is 27.2. The number of rotatable bonds is 7. The lowest BCUT2D eigenvalue weighted by atomic mass is 10.1. The van der Waals surface area contributed by atoms with Crippen molar-refractivity contribution in [3.05, 3.63) is 144 Å². The van der Waals surface area contributed by atoms with Crippen LogP contribution in [0.25, 0.3) is 33.6 Å². The van der Waals surface area contributed by atoms with Gasteiger partial charge in [0.2, 0.25) is 0 Å². The first-order chi connectivity index (χ1) is 21.6. The van der Waals surface area contributed by atoms with Gasteiger partial charge in [-0.25, -0.2) is 0 Å². The van der Waals surface area contributed by atoms with Crippen molar-refractivity contribution in [3.63, 3.8) is 0 Å². The van der Waals surface area contributed by atoms with Crippen LogP contribution in [0.3, 0.4) is 0 Å². The number of nitrogens with zero attached hydrogens (tertiary/aromatic N) is 3. The zero-order valence-electron chi connectivity index (χ0n) is 24.6. The second-order valence-corrected chi connectivity index (χ2v) is 10.8. The smallest absolute Gasteiger partial charge is 0.305 e. The van der Waals surface area contributed by atoms with Gasteiger partial charge < -0.3 is 14.0 Å². The monoisotopic (exact) mass is 577 g/mol. The van der Waals surface area contributed by atoms with E-state index in [1.165, 1.54) is 0 Å². The minimum atomic E-state index is -0.211. The van der Waals surface area contributed by atoms with E-state index in [2.05, 4.69) is 53.1 Å². The number of hydrogen-bond acceptors (Lipinski definition) is 4. The van der Waals surface area contributed by atoms with Crippen LogP contribution in [0.1, 0.15) is 16.7 Å². The molecule has 0 bridgehead atoms. The summed E-state index contributed by atoms with van der Waals surface area (Å²) in [6.07, 6.45) is 2.46. The largest absolute Gasteiger partial charge is 0.497 e. The van der Waals surface area contributed by atoms with E-state index in [9.17, 15) is 4.79 Å². The average molecular weight is 578 g/mol. The lowest BCUT2D eigenvalue weighted by Gasteiger charge is -2.14. The van der Waals surface area contributed by atoms with Crippen molar-refractivity contribution < 1.29 is 14.3 Å². The molecule has 44 heavy (non-hydrogen) atoms. The fourth-order valence-electron chi connectivity index (χ4n) is 5.70. The number of ether oxygens (including phenoxy) is 2. The van der Waals surface area contributed by atoms with Crippen LogP contribution in [0.5, 0.6) is 5.75 Å². The Morgan fingerprint density at radius 3 is 2.32 bits per heavy atom. The van der Waals surface area contributed by atoms with Crippen molar-refractivity contribution in [2.24, 2.45) is 4.99 Å². The molecule has 0 atom stereocenters. The maximum atomic E-state index is 13.8. The van der Waals surface area contributed by atoms with Crippen LogP contribution in [0.4, 0.5) is 5.69 Å². The van der Waals surface area contributed by atoms with Gasteiger partial charge in [0, 0.05) is 23.0 Å². The van der Waals surface area contributed by atoms with Gasteiger partial charge in [-0.05, 0) is 84.6 Å². The molecular weight excluding hydrogens is 546 g/mol. The zero-order valence-corrected chi connectivity index (χ0v) is 24.6. The van der Waals surface area contributed by atoms with Crippen LogP contribution < -0.4 is 4.74 Å². The van der Waals surface area contributed by atoms with Gasteiger partial charge in [0.25, 0.3) is 5.91 Å². The summed E-state index contributed by atoms with van der Waals surface area (Å²) in [7, 11) is 1.65. The summed E-state index contributed by atoms with van der Waals surface area (Å²) in [5, 5.41) is 2.25. The first-order valence-corrected chi connectivity index (χ1v) is 14.7. The second kappa shape index (κ2) is 11.6. The number of amidine groups is 1. The lowest BCUT2D eigenvalue weighted by Crippen LogP contribution is -2.31. The quantitative estimate of drug-likeness (QED) is 0.180. The fraction of sp³-hybridized carbons (Fsp3) is 0.105. The first-order valence-electron chi connectivity index (χ1n) is 14.7. The summed E-state index contributed by atoms with van der Waals surface area (Å²) < 4.78 is 13.8. The van der Waals surface area contributed by atoms with E-state index >= 15 is 0 Å². The van der Waals surface area contributed by atoms with E-state index in [4.69, 9.17) is 14.5 Å². The Balaban J connectivity index is 1.26. The van der Waals surface area contributed by atoms with E-state index in [0.717, 1.165) is 55.6 Å².